The first-order valence-electron chi connectivity index (χ1n) is 5.82. The number of sulfonamides is 1. The highest BCUT2D eigenvalue weighted by atomic mass is 32.2. The number of carboxylic acids is 1. The number of benzene rings is 1. The van der Waals surface area contributed by atoms with Crippen LogP contribution in [-0.4, -0.2) is 38.3 Å². The van der Waals surface area contributed by atoms with Gasteiger partial charge in [-0.3, -0.25) is 9.52 Å². The molecule has 0 bridgehead atoms. The number of carboxylic acid groups (broad SMARTS) is 1. The maximum absolute atomic E-state index is 11.7. The van der Waals surface area contributed by atoms with Crippen LogP contribution in [0.2, 0.25) is 0 Å². The van der Waals surface area contributed by atoms with E-state index in [0.717, 1.165) is 13.2 Å². The number of anilines is 1. The van der Waals surface area contributed by atoms with E-state index in [1.54, 1.807) is 19.1 Å². The van der Waals surface area contributed by atoms with Crippen molar-refractivity contribution in [2.75, 3.05) is 17.6 Å². The average molecular weight is 313 g/mol. The van der Waals surface area contributed by atoms with Gasteiger partial charge in [0, 0.05) is 6.08 Å². The SMILES string of the molecule is COC(=O)CS(=O)(=O)Nc1ccc(C=CC(=O)O)cc1C. The summed E-state index contributed by atoms with van der Waals surface area (Å²) in [6.07, 6.45) is 2.37. The molecule has 2 N–H and O–H groups in total. The van der Waals surface area contributed by atoms with E-state index < -0.39 is 27.7 Å². The monoisotopic (exact) mass is 313 g/mol. The molecule has 7 nitrogen and oxygen atoms in total. The predicted molar refractivity (Wildman–Crippen MR) is 77.3 cm³/mol. The van der Waals surface area contributed by atoms with E-state index in [4.69, 9.17) is 5.11 Å². The number of nitrogens with one attached hydrogen (secondary N) is 1. The van der Waals surface area contributed by atoms with E-state index in [-0.39, 0.29) is 0 Å². The molecule has 1 aromatic carbocycles. The summed E-state index contributed by atoms with van der Waals surface area (Å²) in [6, 6.07) is 4.67. The van der Waals surface area contributed by atoms with E-state index in [2.05, 4.69) is 9.46 Å². The fourth-order valence-electron chi connectivity index (χ4n) is 1.49. The van der Waals surface area contributed by atoms with Crippen molar-refractivity contribution in [3.8, 4) is 0 Å². The summed E-state index contributed by atoms with van der Waals surface area (Å²) >= 11 is 0. The Morgan fingerprint density at radius 1 is 1.38 bits per heavy atom. The summed E-state index contributed by atoms with van der Waals surface area (Å²) < 4.78 is 30.0. The quantitative estimate of drug-likeness (QED) is 0.599. The smallest absolute Gasteiger partial charge is 0.328 e. The van der Waals surface area contributed by atoms with Gasteiger partial charge in [0.2, 0.25) is 10.0 Å². The molecule has 0 heterocycles. The van der Waals surface area contributed by atoms with Gasteiger partial charge in [-0.1, -0.05) is 6.07 Å². The summed E-state index contributed by atoms with van der Waals surface area (Å²) in [5, 5.41) is 8.54. The highest BCUT2D eigenvalue weighted by Gasteiger charge is 2.17. The fourth-order valence-corrected chi connectivity index (χ4v) is 2.55. The van der Waals surface area contributed by atoms with Gasteiger partial charge in [-0.25, -0.2) is 13.2 Å². The Balaban J connectivity index is 2.91. The molecule has 0 aromatic heterocycles. The largest absolute Gasteiger partial charge is 0.478 e. The van der Waals surface area contributed by atoms with E-state index in [1.165, 1.54) is 12.1 Å². The molecule has 0 aliphatic rings. The van der Waals surface area contributed by atoms with Crippen LogP contribution in [0.4, 0.5) is 5.69 Å². The lowest BCUT2D eigenvalue weighted by atomic mass is 10.1. The van der Waals surface area contributed by atoms with Crippen LogP contribution in [0.25, 0.3) is 6.08 Å². The zero-order chi connectivity index (χ0) is 16.0. The Bertz CT molecular complexity index is 678. The zero-order valence-corrected chi connectivity index (χ0v) is 12.3. The Hall–Kier alpha value is -2.35. The summed E-state index contributed by atoms with van der Waals surface area (Å²) in [5.41, 5.74) is 1.52. The molecular weight excluding hydrogens is 298 g/mol. The number of ether oxygens (including phenoxy) is 1. The van der Waals surface area contributed by atoms with Crippen LogP contribution < -0.4 is 4.72 Å². The normalized spacial score (nSPS) is 11.3. The second kappa shape index (κ2) is 6.89. The van der Waals surface area contributed by atoms with Crippen LogP contribution in [0, 0.1) is 6.92 Å². The molecule has 0 spiro atoms. The molecule has 1 rings (SSSR count). The minimum absolute atomic E-state index is 0.311. The Labute approximate surface area is 122 Å². The van der Waals surface area contributed by atoms with Crippen molar-refractivity contribution >= 4 is 33.7 Å². The molecule has 114 valence electrons. The van der Waals surface area contributed by atoms with Gasteiger partial charge >= 0.3 is 11.9 Å². The lowest BCUT2D eigenvalue weighted by molar-refractivity contribution is -0.137. The van der Waals surface area contributed by atoms with Crippen molar-refractivity contribution in [2.45, 2.75) is 6.92 Å². The molecule has 0 atom stereocenters. The van der Waals surface area contributed by atoms with Gasteiger partial charge in [-0.15, -0.1) is 0 Å². The van der Waals surface area contributed by atoms with E-state index in [1.807, 2.05) is 0 Å². The zero-order valence-electron chi connectivity index (χ0n) is 11.5. The summed E-state index contributed by atoms with van der Waals surface area (Å²) in [4.78, 5) is 21.4. The first-order valence-corrected chi connectivity index (χ1v) is 7.47. The molecule has 0 fully saturated rings. The van der Waals surface area contributed by atoms with Crippen LogP contribution >= 0.6 is 0 Å². The molecule has 0 unspecified atom stereocenters. The maximum Gasteiger partial charge on any atom is 0.328 e. The molecule has 0 aliphatic carbocycles. The molecule has 0 saturated carbocycles. The van der Waals surface area contributed by atoms with Crippen molar-refractivity contribution in [1.29, 1.82) is 0 Å². The van der Waals surface area contributed by atoms with Crippen molar-refractivity contribution in [2.24, 2.45) is 0 Å². The standard InChI is InChI=1S/C13H15NO6S/c1-9-7-10(4-6-12(15)16)3-5-11(9)14-21(18,19)8-13(17)20-2/h3-7,14H,8H2,1-2H3,(H,15,16). The van der Waals surface area contributed by atoms with Gasteiger partial charge in [0.05, 0.1) is 12.8 Å². The van der Waals surface area contributed by atoms with Gasteiger partial charge in [-0.05, 0) is 36.3 Å². The third-order valence-electron chi connectivity index (χ3n) is 2.47. The van der Waals surface area contributed by atoms with Crippen LogP contribution in [0.15, 0.2) is 24.3 Å². The van der Waals surface area contributed by atoms with Crippen LogP contribution in [0.1, 0.15) is 11.1 Å². The number of carbonyl (C=O) groups excluding carboxylic acids is 1. The lowest BCUT2D eigenvalue weighted by Crippen LogP contribution is -2.24. The minimum Gasteiger partial charge on any atom is -0.478 e. The predicted octanol–water partition coefficient (Wildman–Crippen LogP) is 1.01. The maximum atomic E-state index is 11.7. The number of esters is 1. The van der Waals surface area contributed by atoms with E-state index in [9.17, 15) is 18.0 Å². The summed E-state index contributed by atoms with van der Waals surface area (Å²) in [5.74, 6) is -2.71. The number of aliphatic carboxylic acids is 1. The van der Waals surface area contributed by atoms with Gasteiger partial charge in [0.15, 0.2) is 5.75 Å². The van der Waals surface area contributed by atoms with Crippen molar-refractivity contribution in [3.63, 3.8) is 0 Å². The second-order valence-electron chi connectivity index (χ2n) is 4.18. The molecule has 0 radical (unpaired) electrons. The van der Waals surface area contributed by atoms with E-state index >= 15 is 0 Å². The Morgan fingerprint density at radius 2 is 2.05 bits per heavy atom. The third kappa shape index (κ3) is 5.65. The number of hydrogen-bond donors (Lipinski definition) is 2. The van der Waals surface area contributed by atoms with Crippen LogP contribution in [0.3, 0.4) is 0 Å². The Morgan fingerprint density at radius 3 is 2.57 bits per heavy atom. The summed E-state index contributed by atoms with van der Waals surface area (Å²) in [7, 11) is -2.74. The fraction of sp³-hybridized carbons (Fsp3) is 0.231. The number of hydrogen-bond acceptors (Lipinski definition) is 5. The molecule has 0 amide bonds. The molecule has 1 aromatic rings. The van der Waals surface area contributed by atoms with Crippen molar-refractivity contribution in [3.05, 3.63) is 35.4 Å². The topological polar surface area (TPSA) is 110 Å². The molecule has 0 aliphatic heterocycles. The highest BCUT2D eigenvalue weighted by Crippen LogP contribution is 2.19. The van der Waals surface area contributed by atoms with Gasteiger partial charge in [0.1, 0.15) is 0 Å². The average Bonchev–Trinajstić information content (AvgIpc) is 2.38. The van der Waals surface area contributed by atoms with Gasteiger partial charge in [-0.2, -0.15) is 0 Å². The first-order chi connectivity index (χ1) is 9.73. The molecule has 21 heavy (non-hydrogen) atoms. The van der Waals surface area contributed by atoms with E-state index in [0.29, 0.717) is 16.8 Å². The minimum atomic E-state index is -3.84. The van der Waals surface area contributed by atoms with Crippen LogP contribution in [0.5, 0.6) is 0 Å². The first kappa shape index (κ1) is 16.7. The van der Waals surface area contributed by atoms with Crippen LogP contribution in [-0.2, 0) is 24.3 Å². The third-order valence-corrected chi connectivity index (χ3v) is 3.62. The lowest BCUT2D eigenvalue weighted by Gasteiger charge is -2.10. The Kier molecular flexibility index (Phi) is 5.48. The number of methoxy groups -OCH3 is 1. The summed E-state index contributed by atoms with van der Waals surface area (Å²) in [6.45, 7) is 1.66. The van der Waals surface area contributed by atoms with Gasteiger partial charge < -0.3 is 9.84 Å². The number of rotatable bonds is 6. The van der Waals surface area contributed by atoms with Gasteiger partial charge in [0.25, 0.3) is 0 Å². The molecule has 0 saturated heterocycles. The molecular formula is C13H15NO6S. The number of carbonyl (C=O) groups is 2. The van der Waals surface area contributed by atoms with Crippen molar-refractivity contribution < 1.29 is 27.9 Å². The molecule has 8 heteroatoms. The second-order valence-corrected chi connectivity index (χ2v) is 5.91. The highest BCUT2D eigenvalue weighted by molar-refractivity contribution is 7.93. The van der Waals surface area contributed by atoms with Crippen molar-refractivity contribution in [1.82, 2.24) is 0 Å². The number of aryl methyl sites for hydroxylation is 1.